The highest BCUT2D eigenvalue weighted by Gasteiger charge is 2.35. The van der Waals surface area contributed by atoms with Gasteiger partial charge in [-0.05, 0) is 56.0 Å². The summed E-state index contributed by atoms with van der Waals surface area (Å²) < 4.78 is 12.9. The number of piperidine rings is 1. The van der Waals surface area contributed by atoms with Crippen LogP contribution in [0.2, 0.25) is 0 Å². The van der Waals surface area contributed by atoms with Crippen LogP contribution in [0, 0.1) is 11.7 Å². The van der Waals surface area contributed by atoms with Gasteiger partial charge in [0.2, 0.25) is 5.91 Å². The number of rotatable bonds is 6. The van der Waals surface area contributed by atoms with Gasteiger partial charge < -0.3 is 10.2 Å². The van der Waals surface area contributed by atoms with Crippen LogP contribution in [-0.2, 0) is 4.79 Å². The molecule has 2 bridgehead atoms. The van der Waals surface area contributed by atoms with Crippen molar-refractivity contribution in [3.05, 3.63) is 35.6 Å². The van der Waals surface area contributed by atoms with E-state index in [4.69, 9.17) is 0 Å². The van der Waals surface area contributed by atoms with Crippen molar-refractivity contribution in [1.82, 2.24) is 15.1 Å². The molecule has 26 heavy (non-hydrogen) atoms. The van der Waals surface area contributed by atoms with Crippen LogP contribution in [0.15, 0.2) is 24.3 Å². The first-order valence-electron chi connectivity index (χ1n) is 9.62. The number of halogens is 1. The van der Waals surface area contributed by atoms with Gasteiger partial charge in [-0.1, -0.05) is 6.92 Å². The highest BCUT2D eigenvalue weighted by Crippen LogP contribution is 2.28. The zero-order valence-corrected chi connectivity index (χ0v) is 15.4. The van der Waals surface area contributed by atoms with E-state index in [-0.39, 0.29) is 17.6 Å². The second-order valence-electron chi connectivity index (χ2n) is 7.40. The van der Waals surface area contributed by atoms with Gasteiger partial charge in [0.15, 0.2) is 0 Å². The molecule has 142 valence electrons. The molecule has 3 aliphatic heterocycles. The molecule has 3 saturated heterocycles. The maximum Gasteiger partial charge on any atom is 0.251 e. The van der Waals surface area contributed by atoms with Gasteiger partial charge in [-0.25, -0.2) is 4.39 Å². The zero-order chi connectivity index (χ0) is 18.5. The van der Waals surface area contributed by atoms with Crippen molar-refractivity contribution in [2.75, 3.05) is 32.7 Å². The molecule has 0 aromatic heterocycles. The Bertz CT molecular complexity index is 634. The number of carbonyl (C=O) groups is 2. The standard InChI is InChI=1S/C20H28FN3O2/c1-2-11-23-12-15-3-8-18(23)14-24(13-15)19(25)9-10-22-20(26)16-4-6-17(21)7-5-16/h4-7,15,18H,2-3,8-14H2,1H3,(H,22,26)/t15-,18-/m0/s1. The lowest BCUT2D eigenvalue weighted by molar-refractivity contribution is -0.131. The molecule has 1 aromatic rings. The van der Waals surface area contributed by atoms with E-state index in [2.05, 4.69) is 17.1 Å². The van der Waals surface area contributed by atoms with E-state index < -0.39 is 0 Å². The van der Waals surface area contributed by atoms with Gasteiger partial charge in [-0.2, -0.15) is 0 Å². The van der Waals surface area contributed by atoms with Gasteiger partial charge in [0.25, 0.3) is 5.91 Å². The summed E-state index contributed by atoms with van der Waals surface area (Å²) in [5, 5.41) is 2.75. The van der Waals surface area contributed by atoms with Crippen LogP contribution in [0.3, 0.4) is 0 Å². The largest absolute Gasteiger partial charge is 0.352 e. The molecule has 3 heterocycles. The van der Waals surface area contributed by atoms with E-state index in [0.717, 1.165) is 32.6 Å². The Balaban J connectivity index is 1.47. The van der Waals surface area contributed by atoms with Crippen LogP contribution >= 0.6 is 0 Å². The predicted molar refractivity (Wildman–Crippen MR) is 98.3 cm³/mol. The van der Waals surface area contributed by atoms with Crippen molar-refractivity contribution in [2.45, 2.75) is 38.6 Å². The molecule has 6 heteroatoms. The molecule has 0 aliphatic carbocycles. The first-order valence-corrected chi connectivity index (χ1v) is 9.62. The SMILES string of the molecule is CCCN1C[C@@H]2CC[C@H]1CN(C(=O)CCNC(=O)c1ccc(F)cc1)C2. The van der Waals surface area contributed by atoms with Crippen LogP contribution in [0.4, 0.5) is 4.39 Å². The molecule has 0 saturated carbocycles. The van der Waals surface area contributed by atoms with Crippen LogP contribution in [0.1, 0.15) is 43.0 Å². The number of hydrogen-bond donors (Lipinski definition) is 1. The van der Waals surface area contributed by atoms with E-state index in [1.54, 1.807) is 0 Å². The molecule has 2 atom stereocenters. The molecule has 0 radical (unpaired) electrons. The Morgan fingerprint density at radius 3 is 2.65 bits per heavy atom. The highest BCUT2D eigenvalue weighted by molar-refractivity contribution is 5.94. The van der Waals surface area contributed by atoms with Crippen LogP contribution < -0.4 is 5.32 Å². The monoisotopic (exact) mass is 361 g/mol. The average molecular weight is 361 g/mol. The van der Waals surface area contributed by atoms with Crippen LogP contribution in [-0.4, -0.2) is 60.4 Å². The molecule has 1 N–H and O–H groups in total. The first kappa shape index (κ1) is 18.8. The number of nitrogens with zero attached hydrogens (tertiary/aromatic N) is 2. The second kappa shape index (κ2) is 8.62. The fourth-order valence-corrected chi connectivity index (χ4v) is 4.09. The number of nitrogens with one attached hydrogen (secondary N) is 1. The number of hydrogen-bond acceptors (Lipinski definition) is 3. The molecule has 2 amide bonds. The van der Waals surface area contributed by atoms with Crippen molar-refractivity contribution in [2.24, 2.45) is 5.92 Å². The Kier molecular flexibility index (Phi) is 6.25. The molecule has 1 aromatic carbocycles. The maximum absolute atomic E-state index is 12.9. The third-order valence-electron chi connectivity index (χ3n) is 5.42. The Hall–Kier alpha value is -1.95. The number of carbonyl (C=O) groups excluding carboxylic acids is 2. The lowest BCUT2D eigenvalue weighted by Crippen LogP contribution is -2.44. The molecular formula is C20H28FN3O2. The smallest absolute Gasteiger partial charge is 0.251 e. The summed E-state index contributed by atoms with van der Waals surface area (Å²) in [6, 6.07) is 5.89. The van der Waals surface area contributed by atoms with Crippen molar-refractivity contribution in [1.29, 1.82) is 0 Å². The molecule has 5 nitrogen and oxygen atoms in total. The third-order valence-corrected chi connectivity index (χ3v) is 5.42. The molecule has 0 spiro atoms. The van der Waals surface area contributed by atoms with E-state index in [0.29, 0.717) is 30.5 Å². The summed E-state index contributed by atoms with van der Waals surface area (Å²) in [6.07, 6.45) is 3.83. The van der Waals surface area contributed by atoms with Gasteiger partial charge in [-0.3, -0.25) is 14.5 Å². The Morgan fingerprint density at radius 2 is 1.92 bits per heavy atom. The summed E-state index contributed by atoms with van der Waals surface area (Å²) in [7, 11) is 0. The summed E-state index contributed by atoms with van der Waals surface area (Å²) in [5.41, 5.74) is 0.405. The van der Waals surface area contributed by atoms with E-state index in [1.807, 2.05) is 4.90 Å². The summed E-state index contributed by atoms with van der Waals surface area (Å²) in [6.45, 7) is 6.36. The van der Waals surface area contributed by atoms with Gasteiger partial charge in [0, 0.05) is 44.2 Å². The topological polar surface area (TPSA) is 52.6 Å². The summed E-state index contributed by atoms with van der Waals surface area (Å²) >= 11 is 0. The van der Waals surface area contributed by atoms with Gasteiger partial charge in [0.1, 0.15) is 5.82 Å². The molecular weight excluding hydrogens is 333 g/mol. The molecule has 3 aliphatic rings. The minimum atomic E-state index is -0.371. The maximum atomic E-state index is 12.9. The van der Waals surface area contributed by atoms with Crippen molar-refractivity contribution in [3.8, 4) is 0 Å². The van der Waals surface area contributed by atoms with Crippen molar-refractivity contribution < 1.29 is 14.0 Å². The minimum Gasteiger partial charge on any atom is -0.352 e. The lowest BCUT2D eigenvalue weighted by atomic mass is 9.95. The highest BCUT2D eigenvalue weighted by atomic mass is 19.1. The third kappa shape index (κ3) is 4.61. The predicted octanol–water partition coefficient (Wildman–Crippen LogP) is 2.28. The van der Waals surface area contributed by atoms with Crippen molar-refractivity contribution >= 4 is 11.8 Å². The van der Waals surface area contributed by atoms with E-state index in [1.165, 1.54) is 37.1 Å². The Labute approximate surface area is 154 Å². The lowest BCUT2D eigenvalue weighted by Gasteiger charge is -2.35. The van der Waals surface area contributed by atoms with Crippen LogP contribution in [0.25, 0.3) is 0 Å². The number of benzene rings is 1. The minimum absolute atomic E-state index is 0.111. The van der Waals surface area contributed by atoms with E-state index in [9.17, 15) is 14.0 Å². The first-order chi connectivity index (χ1) is 12.6. The zero-order valence-electron chi connectivity index (χ0n) is 15.4. The Morgan fingerprint density at radius 1 is 1.15 bits per heavy atom. The fourth-order valence-electron chi connectivity index (χ4n) is 4.09. The van der Waals surface area contributed by atoms with Gasteiger partial charge in [-0.15, -0.1) is 0 Å². The molecule has 0 unspecified atom stereocenters. The summed E-state index contributed by atoms with van der Waals surface area (Å²) in [4.78, 5) is 29.2. The number of amides is 2. The normalized spacial score (nSPS) is 22.9. The number of fused-ring (bicyclic) bond motifs is 4. The van der Waals surface area contributed by atoms with Gasteiger partial charge >= 0.3 is 0 Å². The molecule has 3 fully saturated rings. The fraction of sp³-hybridized carbons (Fsp3) is 0.600. The van der Waals surface area contributed by atoms with Crippen molar-refractivity contribution in [3.63, 3.8) is 0 Å². The summed E-state index contributed by atoms with van der Waals surface area (Å²) in [5.74, 6) is 0.0326. The van der Waals surface area contributed by atoms with Gasteiger partial charge in [0.05, 0.1) is 0 Å². The van der Waals surface area contributed by atoms with E-state index >= 15 is 0 Å². The average Bonchev–Trinajstić information content (AvgIpc) is 2.94. The second-order valence-corrected chi connectivity index (χ2v) is 7.40. The van der Waals surface area contributed by atoms with Crippen LogP contribution in [0.5, 0.6) is 0 Å². The quantitative estimate of drug-likeness (QED) is 0.846. The molecule has 4 rings (SSSR count).